The Morgan fingerprint density at radius 2 is 1.65 bits per heavy atom. The van der Waals surface area contributed by atoms with E-state index in [1.165, 1.54) is 0 Å². The highest BCUT2D eigenvalue weighted by molar-refractivity contribution is 6.11. The summed E-state index contributed by atoms with van der Waals surface area (Å²) in [5.41, 5.74) is 2.18. The summed E-state index contributed by atoms with van der Waals surface area (Å²) < 4.78 is 5.91. The molecule has 0 radical (unpaired) electrons. The van der Waals surface area contributed by atoms with E-state index < -0.39 is 0 Å². The van der Waals surface area contributed by atoms with Crippen molar-refractivity contribution in [3.8, 4) is 11.5 Å². The number of hydrogen-bond acceptors (Lipinski definition) is 3. The first-order valence-corrected chi connectivity index (χ1v) is 8.19. The second kappa shape index (κ2) is 6.37. The third kappa shape index (κ3) is 2.80. The van der Waals surface area contributed by atoms with E-state index >= 15 is 0 Å². The smallest absolute Gasteiger partial charge is 0.261 e. The second-order valence-corrected chi connectivity index (χ2v) is 5.97. The molecule has 2 amide bonds. The molecule has 1 aliphatic rings. The fourth-order valence-electron chi connectivity index (χ4n) is 2.89. The zero-order chi connectivity index (χ0) is 18.1. The molecule has 0 unspecified atom stereocenters. The molecule has 0 atom stereocenters. The summed E-state index contributed by atoms with van der Waals surface area (Å²) in [5, 5.41) is 2.82. The summed E-state index contributed by atoms with van der Waals surface area (Å²) in [7, 11) is 1.70. The predicted molar refractivity (Wildman–Crippen MR) is 100 cm³/mol. The maximum Gasteiger partial charge on any atom is 0.261 e. The largest absolute Gasteiger partial charge is 0.454 e. The molecule has 0 saturated heterocycles. The van der Waals surface area contributed by atoms with Gasteiger partial charge in [0.05, 0.1) is 11.3 Å². The van der Waals surface area contributed by atoms with Gasteiger partial charge in [-0.05, 0) is 42.5 Å². The summed E-state index contributed by atoms with van der Waals surface area (Å²) in [6.45, 7) is 0. The second-order valence-electron chi connectivity index (χ2n) is 5.97. The lowest BCUT2D eigenvalue weighted by molar-refractivity contribution is 0.0990. The molecule has 26 heavy (non-hydrogen) atoms. The van der Waals surface area contributed by atoms with Crippen LogP contribution in [0.5, 0.6) is 11.5 Å². The minimum Gasteiger partial charge on any atom is -0.454 e. The van der Waals surface area contributed by atoms with Gasteiger partial charge < -0.3 is 15.0 Å². The molecule has 5 nitrogen and oxygen atoms in total. The molecule has 5 heteroatoms. The van der Waals surface area contributed by atoms with Gasteiger partial charge in [-0.1, -0.05) is 30.3 Å². The predicted octanol–water partition coefficient (Wildman–Crippen LogP) is 4.32. The van der Waals surface area contributed by atoms with Crippen molar-refractivity contribution in [2.75, 3.05) is 17.3 Å². The number of hydrogen-bond donors (Lipinski definition) is 1. The third-order valence-electron chi connectivity index (χ3n) is 4.25. The average molecular weight is 344 g/mol. The topological polar surface area (TPSA) is 58.6 Å². The lowest BCUT2D eigenvalue weighted by Crippen LogP contribution is -2.25. The standard InChI is InChI=1S/C21H16N2O3/c1-23-17-9-5-6-10-19(17)26-18-12-11-15(13-16(18)21(23)25)22-20(24)14-7-3-2-4-8-14/h2-13H,1H3,(H,22,24). The molecular weight excluding hydrogens is 328 g/mol. The molecule has 128 valence electrons. The summed E-state index contributed by atoms with van der Waals surface area (Å²) in [4.78, 5) is 26.7. The number of ether oxygens (including phenoxy) is 1. The lowest BCUT2D eigenvalue weighted by atomic mass is 10.1. The highest BCUT2D eigenvalue weighted by Gasteiger charge is 2.25. The Hall–Kier alpha value is -3.60. The number of rotatable bonds is 2. The van der Waals surface area contributed by atoms with Crippen molar-refractivity contribution >= 4 is 23.2 Å². The molecular formula is C21H16N2O3. The van der Waals surface area contributed by atoms with Gasteiger partial charge in [-0.15, -0.1) is 0 Å². The normalized spacial score (nSPS) is 12.5. The van der Waals surface area contributed by atoms with Gasteiger partial charge in [-0.25, -0.2) is 0 Å². The Bertz CT molecular complexity index is 999. The fraction of sp³-hybridized carbons (Fsp3) is 0.0476. The Balaban J connectivity index is 1.67. The molecule has 0 bridgehead atoms. The summed E-state index contributed by atoms with van der Waals surface area (Å²) >= 11 is 0. The SMILES string of the molecule is CN1C(=O)c2cc(NC(=O)c3ccccc3)ccc2Oc2ccccc21. The maximum atomic E-state index is 12.8. The molecule has 3 aromatic rings. The highest BCUT2D eigenvalue weighted by Crippen LogP contribution is 2.38. The van der Waals surface area contributed by atoms with Gasteiger partial charge in [-0.3, -0.25) is 9.59 Å². The summed E-state index contributed by atoms with van der Waals surface area (Å²) in [6, 6.07) is 21.3. The number of carbonyl (C=O) groups excluding carboxylic acids is 2. The van der Waals surface area contributed by atoms with Crippen LogP contribution in [0.3, 0.4) is 0 Å². The van der Waals surface area contributed by atoms with Crippen LogP contribution in [-0.2, 0) is 0 Å². The molecule has 3 aromatic carbocycles. The van der Waals surface area contributed by atoms with E-state index in [0.717, 1.165) is 0 Å². The molecule has 0 aromatic heterocycles. The lowest BCUT2D eigenvalue weighted by Gasteiger charge is -2.16. The monoisotopic (exact) mass is 344 g/mol. The number of carbonyl (C=O) groups is 2. The van der Waals surface area contributed by atoms with E-state index in [-0.39, 0.29) is 11.8 Å². The van der Waals surface area contributed by atoms with E-state index in [9.17, 15) is 9.59 Å². The minimum atomic E-state index is -0.232. The van der Waals surface area contributed by atoms with Crippen LogP contribution in [0.15, 0.2) is 72.8 Å². The van der Waals surface area contributed by atoms with Crippen molar-refractivity contribution < 1.29 is 14.3 Å². The zero-order valence-electron chi connectivity index (χ0n) is 14.1. The van der Waals surface area contributed by atoms with Crippen LogP contribution < -0.4 is 15.0 Å². The zero-order valence-corrected chi connectivity index (χ0v) is 14.1. The highest BCUT2D eigenvalue weighted by atomic mass is 16.5. The van der Waals surface area contributed by atoms with Gasteiger partial charge in [-0.2, -0.15) is 0 Å². The van der Waals surface area contributed by atoms with E-state index in [1.54, 1.807) is 54.4 Å². The van der Waals surface area contributed by atoms with Crippen molar-refractivity contribution in [1.82, 2.24) is 0 Å². The number of benzene rings is 3. The van der Waals surface area contributed by atoms with Crippen LogP contribution in [0.25, 0.3) is 0 Å². The number of nitrogens with zero attached hydrogens (tertiary/aromatic N) is 1. The van der Waals surface area contributed by atoms with Crippen molar-refractivity contribution in [3.63, 3.8) is 0 Å². The molecule has 1 heterocycles. The number of amides is 2. The molecule has 1 aliphatic heterocycles. The van der Waals surface area contributed by atoms with Crippen LogP contribution in [0.2, 0.25) is 0 Å². The summed E-state index contributed by atoms with van der Waals surface area (Å²) in [5.74, 6) is 0.651. The number of fused-ring (bicyclic) bond motifs is 2. The number of anilines is 2. The first-order chi connectivity index (χ1) is 12.6. The van der Waals surface area contributed by atoms with Gasteiger partial charge in [0.15, 0.2) is 5.75 Å². The van der Waals surface area contributed by atoms with Gasteiger partial charge >= 0.3 is 0 Å². The molecule has 0 saturated carbocycles. The quantitative estimate of drug-likeness (QED) is 0.753. The van der Waals surface area contributed by atoms with E-state index in [1.807, 2.05) is 30.3 Å². The molecule has 1 N–H and O–H groups in total. The first kappa shape index (κ1) is 15.9. The molecule has 0 spiro atoms. The Labute approximate surface area is 150 Å². The van der Waals surface area contributed by atoms with Crippen molar-refractivity contribution in [2.24, 2.45) is 0 Å². The Kier molecular flexibility index (Phi) is 3.89. The maximum absolute atomic E-state index is 12.8. The van der Waals surface area contributed by atoms with Gasteiger partial charge in [0, 0.05) is 18.3 Å². The van der Waals surface area contributed by atoms with Crippen LogP contribution in [0.4, 0.5) is 11.4 Å². The minimum absolute atomic E-state index is 0.194. The van der Waals surface area contributed by atoms with Crippen LogP contribution in [0, 0.1) is 0 Å². The number of para-hydroxylation sites is 2. The Morgan fingerprint density at radius 1 is 0.923 bits per heavy atom. The van der Waals surface area contributed by atoms with Crippen molar-refractivity contribution in [2.45, 2.75) is 0 Å². The van der Waals surface area contributed by atoms with Gasteiger partial charge in [0.2, 0.25) is 0 Å². The molecule has 0 fully saturated rings. The van der Waals surface area contributed by atoms with Gasteiger partial charge in [0.25, 0.3) is 11.8 Å². The fourth-order valence-corrected chi connectivity index (χ4v) is 2.89. The van der Waals surface area contributed by atoms with E-state index in [0.29, 0.717) is 34.0 Å². The van der Waals surface area contributed by atoms with Crippen LogP contribution in [0.1, 0.15) is 20.7 Å². The number of nitrogens with one attached hydrogen (secondary N) is 1. The van der Waals surface area contributed by atoms with Crippen LogP contribution >= 0.6 is 0 Å². The van der Waals surface area contributed by atoms with Crippen molar-refractivity contribution in [1.29, 1.82) is 0 Å². The van der Waals surface area contributed by atoms with E-state index in [2.05, 4.69) is 5.32 Å². The average Bonchev–Trinajstić information content (AvgIpc) is 2.78. The third-order valence-corrected chi connectivity index (χ3v) is 4.25. The van der Waals surface area contributed by atoms with Gasteiger partial charge in [0.1, 0.15) is 5.75 Å². The molecule has 4 rings (SSSR count). The van der Waals surface area contributed by atoms with E-state index in [4.69, 9.17) is 4.74 Å². The summed E-state index contributed by atoms with van der Waals surface area (Å²) in [6.07, 6.45) is 0. The molecule has 0 aliphatic carbocycles. The first-order valence-electron chi connectivity index (χ1n) is 8.19. The Morgan fingerprint density at radius 3 is 2.46 bits per heavy atom. The van der Waals surface area contributed by atoms with Crippen molar-refractivity contribution in [3.05, 3.63) is 83.9 Å². The van der Waals surface area contributed by atoms with Crippen LogP contribution in [-0.4, -0.2) is 18.9 Å².